The summed E-state index contributed by atoms with van der Waals surface area (Å²) in [5.41, 5.74) is 1.16. The Kier molecular flexibility index (Phi) is 4.86. The number of anilines is 1. The van der Waals surface area contributed by atoms with Crippen LogP contribution in [0.3, 0.4) is 0 Å². The molecule has 0 aliphatic rings. The van der Waals surface area contributed by atoms with E-state index < -0.39 is 0 Å². The summed E-state index contributed by atoms with van der Waals surface area (Å²) in [7, 11) is 0. The van der Waals surface area contributed by atoms with Gasteiger partial charge in [0.2, 0.25) is 0 Å². The molecule has 0 fully saturated rings. The topological polar surface area (TPSA) is 21.3 Å². The summed E-state index contributed by atoms with van der Waals surface area (Å²) in [5.74, 6) is 2.69. The van der Waals surface area contributed by atoms with Gasteiger partial charge in [-0.3, -0.25) is 0 Å². The van der Waals surface area contributed by atoms with Crippen molar-refractivity contribution in [3.05, 3.63) is 58.9 Å². The number of ether oxygens (including phenoxy) is 1. The number of halogens is 2. The molecule has 0 aromatic heterocycles. The molecule has 0 unspecified atom stereocenters. The number of hydrogen-bond donors (Lipinski definition) is 1. The third-order valence-electron chi connectivity index (χ3n) is 2.70. The average Bonchev–Trinajstić information content (AvgIpc) is 2.45. The molecule has 20 heavy (non-hydrogen) atoms. The SMILES string of the molecule is C#CCOc1ccccc1CNc1c(F)cccc1Cl. The smallest absolute Gasteiger partial charge is 0.148 e. The van der Waals surface area contributed by atoms with Crippen LogP contribution in [0.2, 0.25) is 5.02 Å². The molecule has 2 aromatic carbocycles. The standard InChI is InChI=1S/C16H13ClFNO/c1-2-10-20-15-9-4-3-6-12(15)11-19-16-13(17)7-5-8-14(16)18/h1,3-9,19H,10-11H2. The Morgan fingerprint density at radius 2 is 2.00 bits per heavy atom. The largest absolute Gasteiger partial charge is 0.481 e. The molecule has 102 valence electrons. The number of benzene rings is 2. The lowest BCUT2D eigenvalue weighted by atomic mass is 10.2. The van der Waals surface area contributed by atoms with E-state index in [9.17, 15) is 4.39 Å². The molecule has 2 rings (SSSR count). The first-order valence-corrected chi connectivity index (χ1v) is 6.42. The van der Waals surface area contributed by atoms with Gasteiger partial charge >= 0.3 is 0 Å². The minimum atomic E-state index is -0.389. The summed E-state index contributed by atoms with van der Waals surface area (Å²) in [5, 5.41) is 3.32. The summed E-state index contributed by atoms with van der Waals surface area (Å²) >= 11 is 5.96. The van der Waals surface area contributed by atoms with Crippen LogP contribution >= 0.6 is 11.6 Å². The van der Waals surface area contributed by atoms with E-state index in [1.807, 2.05) is 24.3 Å². The van der Waals surface area contributed by atoms with Crippen molar-refractivity contribution >= 4 is 17.3 Å². The molecule has 0 saturated heterocycles. The first-order valence-electron chi connectivity index (χ1n) is 6.04. The van der Waals surface area contributed by atoms with E-state index in [4.69, 9.17) is 22.8 Å². The zero-order chi connectivity index (χ0) is 14.4. The molecule has 0 radical (unpaired) electrons. The van der Waals surface area contributed by atoms with Gasteiger partial charge < -0.3 is 10.1 Å². The van der Waals surface area contributed by atoms with E-state index >= 15 is 0 Å². The van der Waals surface area contributed by atoms with Gasteiger partial charge in [-0.2, -0.15) is 0 Å². The van der Waals surface area contributed by atoms with Crippen molar-refractivity contribution in [2.45, 2.75) is 6.54 Å². The van der Waals surface area contributed by atoms with E-state index in [-0.39, 0.29) is 18.1 Å². The Morgan fingerprint density at radius 1 is 1.20 bits per heavy atom. The highest BCUT2D eigenvalue weighted by molar-refractivity contribution is 6.33. The molecule has 0 aliphatic heterocycles. The Labute approximate surface area is 122 Å². The van der Waals surface area contributed by atoms with Crippen molar-refractivity contribution in [1.82, 2.24) is 0 Å². The second kappa shape index (κ2) is 6.83. The third kappa shape index (κ3) is 3.43. The highest BCUT2D eigenvalue weighted by Crippen LogP contribution is 2.26. The Morgan fingerprint density at radius 3 is 2.75 bits per heavy atom. The summed E-state index contributed by atoms with van der Waals surface area (Å²) < 4.78 is 19.1. The van der Waals surface area contributed by atoms with Crippen molar-refractivity contribution in [2.24, 2.45) is 0 Å². The van der Waals surface area contributed by atoms with E-state index in [1.54, 1.807) is 12.1 Å². The van der Waals surface area contributed by atoms with Gasteiger partial charge in [-0.1, -0.05) is 41.8 Å². The Hall–Kier alpha value is -2.18. The molecule has 1 N–H and O–H groups in total. The Balaban J connectivity index is 2.13. The van der Waals surface area contributed by atoms with Gasteiger partial charge in [-0.15, -0.1) is 6.42 Å². The lowest BCUT2D eigenvalue weighted by Gasteiger charge is -2.12. The normalized spacial score (nSPS) is 9.85. The number of hydrogen-bond acceptors (Lipinski definition) is 2. The van der Waals surface area contributed by atoms with Crippen molar-refractivity contribution in [3.63, 3.8) is 0 Å². The highest BCUT2D eigenvalue weighted by Gasteiger charge is 2.08. The molecule has 0 heterocycles. The maximum absolute atomic E-state index is 13.7. The van der Waals surface area contributed by atoms with Gasteiger partial charge in [-0.05, 0) is 18.2 Å². The lowest BCUT2D eigenvalue weighted by molar-refractivity contribution is 0.366. The van der Waals surface area contributed by atoms with Crippen LogP contribution in [-0.4, -0.2) is 6.61 Å². The van der Waals surface area contributed by atoms with Crippen molar-refractivity contribution in [2.75, 3.05) is 11.9 Å². The fourth-order valence-electron chi connectivity index (χ4n) is 1.76. The molecular formula is C16H13ClFNO. The monoisotopic (exact) mass is 289 g/mol. The third-order valence-corrected chi connectivity index (χ3v) is 3.02. The van der Waals surface area contributed by atoms with E-state index in [0.717, 1.165) is 5.56 Å². The van der Waals surface area contributed by atoms with Crippen LogP contribution < -0.4 is 10.1 Å². The molecule has 0 amide bonds. The maximum atomic E-state index is 13.7. The number of para-hydroxylation sites is 2. The van der Waals surface area contributed by atoms with Crippen LogP contribution in [0.4, 0.5) is 10.1 Å². The van der Waals surface area contributed by atoms with Crippen LogP contribution in [0.5, 0.6) is 5.75 Å². The molecule has 0 atom stereocenters. The molecule has 4 heteroatoms. The summed E-state index contributed by atoms with van der Waals surface area (Å²) in [6.07, 6.45) is 5.17. The number of nitrogens with one attached hydrogen (secondary N) is 1. The predicted octanol–water partition coefficient (Wildman–Crippen LogP) is 4.10. The number of rotatable bonds is 5. The van der Waals surface area contributed by atoms with Gasteiger partial charge in [0.1, 0.15) is 18.2 Å². The van der Waals surface area contributed by atoms with E-state index in [1.165, 1.54) is 6.07 Å². The van der Waals surface area contributed by atoms with Crippen LogP contribution in [0.15, 0.2) is 42.5 Å². The zero-order valence-corrected chi connectivity index (χ0v) is 11.5. The van der Waals surface area contributed by atoms with Crippen molar-refractivity contribution < 1.29 is 9.13 Å². The summed E-state index contributed by atoms with van der Waals surface area (Å²) in [6.45, 7) is 0.582. The minimum absolute atomic E-state index is 0.192. The van der Waals surface area contributed by atoms with Gasteiger partial charge in [0.25, 0.3) is 0 Å². The van der Waals surface area contributed by atoms with Crippen LogP contribution in [-0.2, 0) is 6.54 Å². The fourth-order valence-corrected chi connectivity index (χ4v) is 1.99. The first-order chi connectivity index (χ1) is 9.72. The van der Waals surface area contributed by atoms with E-state index in [0.29, 0.717) is 17.3 Å². The molecule has 0 bridgehead atoms. The van der Waals surface area contributed by atoms with Crippen molar-refractivity contribution in [3.8, 4) is 18.1 Å². The quantitative estimate of drug-likeness (QED) is 0.837. The second-order valence-electron chi connectivity index (χ2n) is 4.05. The van der Waals surface area contributed by atoms with E-state index in [2.05, 4.69) is 11.2 Å². The molecule has 0 saturated carbocycles. The molecule has 2 aromatic rings. The van der Waals surface area contributed by atoms with Crippen LogP contribution in [0.25, 0.3) is 0 Å². The molecule has 2 nitrogen and oxygen atoms in total. The summed E-state index contributed by atoms with van der Waals surface area (Å²) in [4.78, 5) is 0. The average molecular weight is 290 g/mol. The molecular weight excluding hydrogens is 277 g/mol. The highest BCUT2D eigenvalue weighted by atomic mass is 35.5. The Bertz CT molecular complexity index is 616. The van der Waals surface area contributed by atoms with Gasteiger partial charge in [0.05, 0.1) is 10.7 Å². The fraction of sp³-hybridized carbons (Fsp3) is 0.125. The summed E-state index contributed by atoms with van der Waals surface area (Å²) in [6, 6.07) is 12.0. The van der Waals surface area contributed by atoms with Gasteiger partial charge in [-0.25, -0.2) is 4.39 Å². The molecule has 0 spiro atoms. The maximum Gasteiger partial charge on any atom is 0.148 e. The molecule has 0 aliphatic carbocycles. The number of terminal acetylenes is 1. The zero-order valence-electron chi connectivity index (χ0n) is 10.7. The van der Waals surface area contributed by atoms with Gasteiger partial charge in [0.15, 0.2) is 0 Å². The van der Waals surface area contributed by atoms with Crippen LogP contribution in [0, 0.1) is 18.2 Å². The minimum Gasteiger partial charge on any atom is -0.481 e. The van der Waals surface area contributed by atoms with Crippen LogP contribution in [0.1, 0.15) is 5.56 Å². The second-order valence-corrected chi connectivity index (χ2v) is 4.46. The van der Waals surface area contributed by atoms with Gasteiger partial charge in [0, 0.05) is 12.1 Å². The first kappa shape index (κ1) is 14.2. The van der Waals surface area contributed by atoms with Crippen molar-refractivity contribution in [1.29, 1.82) is 0 Å². The predicted molar refractivity (Wildman–Crippen MR) is 79.5 cm³/mol. The lowest BCUT2D eigenvalue weighted by Crippen LogP contribution is -2.05.